The summed E-state index contributed by atoms with van der Waals surface area (Å²) in [7, 11) is 1.23. The van der Waals surface area contributed by atoms with Crippen molar-refractivity contribution in [3.63, 3.8) is 0 Å². The minimum atomic E-state index is -1.12. The summed E-state index contributed by atoms with van der Waals surface area (Å²) in [4.78, 5) is 36.4. The lowest BCUT2D eigenvalue weighted by Gasteiger charge is -2.08. The molecule has 0 radical (unpaired) electrons. The fourth-order valence-electron chi connectivity index (χ4n) is 3.92. The van der Waals surface area contributed by atoms with E-state index in [1.807, 2.05) is 24.3 Å². The van der Waals surface area contributed by atoms with Gasteiger partial charge >= 0.3 is 11.9 Å². The molecule has 0 saturated carbocycles. The monoisotopic (exact) mass is 465 g/mol. The lowest BCUT2D eigenvalue weighted by Crippen LogP contribution is -2.18. The number of ether oxygens (including phenoxy) is 2. The summed E-state index contributed by atoms with van der Waals surface area (Å²) < 4.78 is 11.8. The van der Waals surface area contributed by atoms with E-state index < -0.39 is 11.9 Å². The number of aromatic nitrogens is 1. The van der Waals surface area contributed by atoms with Gasteiger partial charge in [-0.1, -0.05) is 51.2 Å². The molecule has 180 valence electrons. The average Bonchev–Trinajstić information content (AvgIpc) is 3.24. The van der Waals surface area contributed by atoms with Crippen molar-refractivity contribution in [2.75, 3.05) is 13.7 Å². The van der Waals surface area contributed by atoms with E-state index in [2.05, 4.69) is 6.92 Å². The number of hydrogen-bond donors (Lipinski definition) is 1. The Morgan fingerprint density at radius 2 is 1.65 bits per heavy atom. The number of benzene rings is 2. The van der Waals surface area contributed by atoms with Crippen LogP contribution in [-0.2, 0) is 11.2 Å². The molecule has 0 bridgehead atoms. The van der Waals surface area contributed by atoms with Crippen LogP contribution in [0, 0.1) is 0 Å². The number of hydrogen-bond acceptors (Lipinski definition) is 5. The summed E-state index contributed by atoms with van der Waals surface area (Å²) in [5.41, 5.74) is 1.78. The smallest absolute Gasteiger partial charge is 0.340 e. The summed E-state index contributed by atoms with van der Waals surface area (Å²) >= 11 is 0. The molecule has 2 aromatic carbocycles. The van der Waals surface area contributed by atoms with Crippen LogP contribution in [0.1, 0.15) is 76.5 Å². The topological polar surface area (TPSA) is 94.8 Å². The fraction of sp³-hybridized carbons (Fsp3) is 0.370. The van der Waals surface area contributed by atoms with Gasteiger partial charge in [0.15, 0.2) is 6.61 Å². The number of aromatic carboxylic acids is 1. The SMILES string of the molecule is CCCCCCCCc1ccc(OCC(=O)n2cc(C(=O)OC)c3cc(C(=O)O)ccc32)cc1. The number of esters is 1. The molecule has 0 amide bonds. The molecule has 0 aliphatic rings. The number of methoxy groups -OCH3 is 1. The Morgan fingerprint density at radius 1 is 0.941 bits per heavy atom. The summed E-state index contributed by atoms with van der Waals surface area (Å²) in [5.74, 6) is -1.58. The summed E-state index contributed by atoms with van der Waals surface area (Å²) in [6.07, 6.45) is 9.91. The Labute approximate surface area is 199 Å². The minimum absolute atomic E-state index is 0.0140. The highest BCUT2D eigenvalue weighted by molar-refractivity contribution is 6.09. The third-order valence-corrected chi connectivity index (χ3v) is 5.83. The molecule has 0 spiro atoms. The number of carboxylic acid groups (broad SMARTS) is 1. The van der Waals surface area contributed by atoms with Crippen LogP contribution in [0.5, 0.6) is 5.75 Å². The number of fused-ring (bicyclic) bond motifs is 1. The zero-order chi connectivity index (χ0) is 24.5. The number of carbonyl (C=O) groups excluding carboxylic acids is 2. The second kappa shape index (κ2) is 12.0. The van der Waals surface area contributed by atoms with Gasteiger partial charge in [0, 0.05) is 11.6 Å². The molecule has 3 aromatic rings. The molecule has 34 heavy (non-hydrogen) atoms. The van der Waals surface area contributed by atoms with Crippen molar-refractivity contribution in [3.8, 4) is 5.75 Å². The first-order valence-electron chi connectivity index (χ1n) is 11.7. The lowest BCUT2D eigenvalue weighted by molar-refractivity contribution is 0.0601. The number of unbranched alkanes of at least 4 members (excludes halogenated alkanes) is 5. The van der Waals surface area contributed by atoms with E-state index in [0.717, 1.165) is 12.8 Å². The molecule has 0 aliphatic carbocycles. The molecule has 1 aromatic heterocycles. The normalized spacial score (nSPS) is 10.9. The first kappa shape index (κ1) is 25.0. The Kier molecular flexibility index (Phi) is 8.85. The predicted molar refractivity (Wildman–Crippen MR) is 130 cm³/mol. The highest BCUT2D eigenvalue weighted by atomic mass is 16.5. The molecular weight excluding hydrogens is 434 g/mol. The molecular formula is C27H31NO6. The van der Waals surface area contributed by atoms with Crippen LogP contribution in [0.4, 0.5) is 0 Å². The number of carbonyl (C=O) groups is 3. The van der Waals surface area contributed by atoms with E-state index >= 15 is 0 Å². The maximum atomic E-state index is 12.9. The van der Waals surface area contributed by atoms with Crippen LogP contribution < -0.4 is 4.74 Å². The largest absolute Gasteiger partial charge is 0.484 e. The van der Waals surface area contributed by atoms with Gasteiger partial charge in [-0.2, -0.15) is 0 Å². The zero-order valence-corrected chi connectivity index (χ0v) is 19.7. The van der Waals surface area contributed by atoms with Crippen molar-refractivity contribution in [2.45, 2.75) is 51.9 Å². The lowest BCUT2D eigenvalue weighted by atomic mass is 10.0. The predicted octanol–water partition coefficient (Wildman–Crippen LogP) is 5.75. The average molecular weight is 466 g/mol. The number of carboxylic acids is 1. The van der Waals surface area contributed by atoms with Gasteiger partial charge in [0.1, 0.15) is 5.75 Å². The van der Waals surface area contributed by atoms with Crippen LogP contribution in [0.25, 0.3) is 10.9 Å². The molecule has 3 rings (SSSR count). The Morgan fingerprint density at radius 3 is 2.32 bits per heavy atom. The van der Waals surface area contributed by atoms with Crippen LogP contribution in [0.3, 0.4) is 0 Å². The standard InChI is InChI=1S/C27H31NO6/c1-3-4-5-6-7-8-9-19-10-13-21(14-11-19)34-18-25(29)28-17-23(27(32)33-2)22-16-20(26(30)31)12-15-24(22)28/h10-17H,3-9,18H2,1-2H3,(H,30,31). The number of aryl methyl sites for hydroxylation is 1. The van der Waals surface area contributed by atoms with Gasteiger partial charge in [-0.3, -0.25) is 9.36 Å². The summed E-state index contributed by atoms with van der Waals surface area (Å²) in [6.45, 7) is 1.98. The molecule has 0 saturated heterocycles. The summed E-state index contributed by atoms with van der Waals surface area (Å²) in [6, 6.07) is 12.0. The maximum absolute atomic E-state index is 12.9. The Hall–Kier alpha value is -3.61. The van der Waals surface area contributed by atoms with Crippen molar-refractivity contribution < 1.29 is 29.0 Å². The second-order valence-corrected chi connectivity index (χ2v) is 8.29. The number of nitrogens with zero attached hydrogens (tertiary/aromatic N) is 1. The van der Waals surface area contributed by atoms with Crippen LogP contribution in [0.2, 0.25) is 0 Å². The highest BCUT2D eigenvalue weighted by Crippen LogP contribution is 2.24. The quantitative estimate of drug-likeness (QED) is 0.270. The van der Waals surface area contributed by atoms with Gasteiger partial charge in [0.2, 0.25) is 0 Å². The minimum Gasteiger partial charge on any atom is -0.484 e. The summed E-state index contributed by atoms with van der Waals surface area (Å²) in [5, 5.41) is 9.59. The van der Waals surface area contributed by atoms with Crippen LogP contribution in [0.15, 0.2) is 48.7 Å². The second-order valence-electron chi connectivity index (χ2n) is 8.29. The van der Waals surface area contributed by atoms with E-state index in [1.54, 1.807) is 0 Å². The maximum Gasteiger partial charge on any atom is 0.340 e. The van der Waals surface area contributed by atoms with Gasteiger partial charge in [0.25, 0.3) is 5.91 Å². The molecule has 0 fully saturated rings. The van der Waals surface area contributed by atoms with Crippen molar-refractivity contribution in [3.05, 3.63) is 65.4 Å². The molecule has 1 heterocycles. The van der Waals surface area contributed by atoms with Gasteiger partial charge in [-0.05, 0) is 48.7 Å². The Bertz CT molecular complexity index is 1150. The van der Waals surface area contributed by atoms with Crippen LogP contribution >= 0.6 is 0 Å². The fourth-order valence-corrected chi connectivity index (χ4v) is 3.92. The molecule has 0 atom stereocenters. The van der Waals surface area contributed by atoms with Gasteiger partial charge in [-0.25, -0.2) is 9.59 Å². The zero-order valence-electron chi connectivity index (χ0n) is 19.7. The van der Waals surface area contributed by atoms with Crippen molar-refractivity contribution >= 4 is 28.7 Å². The van der Waals surface area contributed by atoms with Gasteiger partial charge in [-0.15, -0.1) is 0 Å². The van der Waals surface area contributed by atoms with E-state index in [0.29, 0.717) is 16.7 Å². The molecule has 1 N–H and O–H groups in total. The molecule has 0 aliphatic heterocycles. The Balaban J connectivity index is 1.64. The first-order valence-corrected chi connectivity index (χ1v) is 11.7. The van der Waals surface area contributed by atoms with E-state index in [1.165, 1.54) is 73.7 Å². The highest BCUT2D eigenvalue weighted by Gasteiger charge is 2.20. The third kappa shape index (κ3) is 6.25. The van der Waals surface area contributed by atoms with E-state index in [4.69, 9.17) is 9.47 Å². The van der Waals surface area contributed by atoms with Crippen molar-refractivity contribution in [2.24, 2.45) is 0 Å². The first-order chi connectivity index (χ1) is 16.4. The van der Waals surface area contributed by atoms with Gasteiger partial charge in [0.05, 0.1) is 23.8 Å². The third-order valence-electron chi connectivity index (χ3n) is 5.83. The molecule has 7 heteroatoms. The molecule has 0 unspecified atom stereocenters. The van der Waals surface area contributed by atoms with Crippen molar-refractivity contribution in [1.82, 2.24) is 4.57 Å². The van der Waals surface area contributed by atoms with Crippen LogP contribution in [-0.4, -0.2) is 41.2 Å². The van der Waals surface area contributed by atoms with E-state index in [-0.39, 0.29) is 23.6 Å². The van der Waals surface area contributed by atoms with Gasteiger partial charge < -0.3 is 14.6 Å². The number of rotatable bonds is 12. The molecule has 7 nitrogen and oxygen atoms in total. The van der Waals surface area contributed by atoms with Crippen molar-refractivity contribution in [1.29, 1.82) is 0 Å². The van der Waals surface area contributed by atoms with E-state index in [9.17, 15) is 19.5 Å².